The van der Waals surface area contributed by atoms with Crippen LogP contribution in [-0.4, -0.2) is 26.1 Å². The van der Waals surface area contributed by atoms with Crippen LogP contribution in [0.3, 0.4) is 0 Å². The van der Waals surface area contributed by atoms with Crippen molar-refractivity contribution in [1.29, 1.82) is 0 Å². The van der Waals surface area contributed by atoms with Crippen molar-refractivity contribution >= 4 is 10.0 Å². The van der Waals surface area contributed by atoms with E-state index in [1.165, 1.54) is 12.3 Å². The first-order chi connectivity index (χ1) is 7.13. The SMILES string of the molecule is CC[C@H]1CNS(=O)(=O)c2cccnc2O1. The quantitative estimate of drug-likeness (QED) is 0.761. The summed E-state index contributed by atoms with van der Waals surface area (Å²) in [5, 5.41) is 0. The van der Waals surface area contributed by atoms with E-state index in [-0.39, 0.29) is 23.4 Å². The molecule has 1 N–H and O–H groups in total. The first-order valence-corrected chi connectivity index (χ1v) is 6.23. The summed E-state index contributed by atoms with van der Waals surface area (Å²) in [5.74, 6) is 0.189. The molecule has 0 aromatic carbocycles. The summed E-state index contributed by atoms with van der Waals surface area (Å²) in [6, 6.07) is 3.07. The van der Waals surface area contributed by atoms with Gasteiger partial charge in [-0.2, -0.15) is 0 Å². The van der Waals surface area contributed by atoms with Gasteiger partial charge in [0.2, 0.25) is 15.9 Å². The van der Waals surface area contributed by atoms with Crippen LogP contribution in [0.1, 0.15) is 13.3 Å². The standard InChI is InChI=1S/C9H12N2O3S/c1-2-7-6-11-15(12,13)8-4-3-5-10-9(8)14-7/h3-5,7,11H,2,6H2,1H3/t7-/m0/s1. The molecular formula is C9H12N2O3S. The van der Waals surface area contributed by atoms with E-state index >= 15 is 0 Å². The Morgan fingerprint density at radius 1 is 1.67 bits per heavy atom. The van der Waals surface area contributed by atoms with Crippen LogP contribution in [0.4, 0.5) is 0 Å². The molecule has 1 atom stereocenters. The van der Waals surface area contributed by atoms with Crippen LogP contribution in [-0.2, 0) is 10.0 Å². The van der Waals surface area contributed by atoms with Crippen LogP contribution >= 0.6 is 0 Å². The van der Waals surface area contributed by atoms with Gasteiger partial charge >= 0.3 is 0 Å². The molecule has 1 aromatic heterocycles. The van der Waals surface area contributed by atoms with E-state index in [2.05, 4.69) is 9.71 Å². The maximum Gasteiger partial charge on any atom is 0.246 e. The number of hydrogen-bond acceptors (Lipinski definition) is 4. The van der Waals surface area contributed by atoms with Crippen LogP contribution in [0.2, 0.25) is 0 Å². The molecule has 0 amide bonds. The van der Waals surface area contributed by atoms with Crippen LogP contribution < -0.4 is 9.46 Å². The van der Waals surface area contributed by atoms with Gasteiger partial charge in [-0.25, -0.2) is 18.1 Å². The Morgan fingerprint density at radius 3 is 3.20 bits per heavy atom. The normalized spacial score (nSPS) is 23.7. The molecule has 1 aliphatic heterocycles. The minimum Gasteiger partial charge on any atom is -0.472 e. The number of pyridine rings is 1. The predicted molar refractivity (Wildman–Crippen MR) is 54.1 cm³/mol. The second-order valence-corrected chi connectivity index (χ2v) is 5.04. The zero-order valence-electron chi connectivity index (χ0n) is 8.30. The molecule has 5 nitrogen and oxygen atoms in total. The molecule has 0 aliphatic carbocycles. The van der Waals surface area contributed by atoms with Crippen LogP contribution in [0.5, 0.6) is 5.88 Å². The maximum absolute atomic E-state index is 11.7. The third kappa shape index (κ3) is 1.95. The van der Waals surface area contributed by atoms with Gasteiger partial charge in [0.25, 0.3) is 0 Å². The molecule has 15 heavy (non-hydrogen) atoms. The molecule has 6 heteroatoms. The van der Waals surface area contributed by atoms with Crippen LogP contribution in [0.25, 0.3) is 0 Å². The highest BCUT2D eigenvalue weighted by atomic mass is 32.2. The number of rotatable bonds is 1. The van der Waals surface area contributed by atoms with Gasteiger partial charge in [-0.3, -0.25) is 0 Å². The Kier molecular flexibility index (Phi) is 2.62. The van der Waals surface area contributed by atoms with Crippen molar-refractivity contribution in [2.75, 3.05) is 6.54 Å². The summed E-state index contributed by atoms with van der Waals surface area (Å²) in [5.41, 5.74) is 0. The van der Waals surface area contributed by atoms with Gasteiger partial charge in [0.05, 0.1) is 0 Å². The maximum atomic E-state index is 11.7. The fourth-order valence-electron chi connectivity index (χ4n) is 1.38. The van der Waals surface area contributed by atoms with E-state index < -0.39 is 10.0 Å². The Hall–Kier alpha value is -1.14. The second-order valence-electron chi connectivity index (χ2n) is 3.31. The van der Waals surface area contributed by atoms with E-state index in [1.54, 1.807) is 6.07 Å². The molecule has 82 valence electrons. The lowest BCUT2D eigenvalue weighted by atomic mass is 10.3. The van der Waals surface area contributed by atoms with Crippen molar-refractivity contribution < 1.29 is 13.2 Å². The smallest absolute Gasteiger partial charge is 0.246 e. The number of nitrogens with zero attached hydrogens (tertiary/aromatic N) is 1. The van der Waals surface area contributed by atoms with Gasteiger partial charge in [-0.05, 0) is 18.6 Å². The first-order valence-electron chi connectivity index (χ1n) is 4.75. The lowest BCUT2D eigenvalue weighted by molar-refractivity contribution is 0.191. The van der Waals surface area contributed by atoms with E-state index in [1.807, 2.05) is 6.92 Å². The van der Waals surface area contributed by atoms with Gasteiger partial charge < -0.3 is 4.74 Å². The monoisotopic (exact) mass is 228 g/mol. The van der Waals surface area contributed by atoms with Gasteiger partial charge in [0.15, 0.2) is 0 Å². The summed E-state index contributed by atoms with van der Waals surface area (Å²) >= 11 is 0. The molecule has 0 radical (unpaired) electrons. The summed E-state index contributed by atoms with van der Waals surface area (Å²) in [6.07, 6.45) is 2.10. The van der Waals surface area contributed by atoms with E-state index in [4.69, 9.17) is 4.74 Å². The number of nitrogens with one attached hydrogen (secondary N) is 1. The highest BCUT2D eigenvalue weighted by Gasteiger charge is 2.27. The fraction of sp³-hybridized carbons (Fsp3) is 0.444. The summed E-state index contributed by atoms with van der Waals surface area (Å²) in [6.45, 7) is 2.22. The zero-order chi connectivity index (χ0) is 10.9. The van der Waals surface area contributed by atoms with Crippen molar-refractivity contribution in [2.45, 2.75) is 24.3 Å². The van der Waals surface area contributed by atoms with Crippen molar-refractivity contribution in [3.63, 3.8) is 0 Å². The lowest BCUT2D eigenvalue weighted by Crippen LogP contribution is -2.31. The second kappa shape index (κ2) is 3.79. The number of fused-ring (bicyclic) bond motifs is 1. The zero-order valence-corrected chi connectivity index (χ0v) is 9.12. The molecule has 1 aromatic rings. The number of sulfonamides is 1. The molecule has 1 aliphatic rings. The largest absolute Gasteiger partial charge is 0.472 e. The lowest BCUT2D eigenvalue weighted by Gasteiger charge is -2.12. The van der Waals surface area contributed by atoms with Crippen molar-refractivity contribution in [3.05, 3.63) is 18.3 Å². The minimum absolute atomic E-state index is 0.112. The van der Waals surface area contributed by atoms with E-state index in [0.29, 0.717) is 0 Å². The van der Waals surface area contributed by atoms with Crippen molar-refractivity contribution in [3.8, 4) is 5.88 Å². The molecule has 0 bridgehead atoms. The fourth-order valence-corrected chi connectivity index (χ4v) is 2.53. The van der Waals surface area contributed by atoms with Gasteiger partial charge in [-0.15, -0.1) is 0 Å². The average molecular weight is 228 g/mol. The predicted octanol–water partition coefficient (Wildman–Crippen LogP) is 0.531. The molecule has 2 heterocycles. The molecular weight excluding hydrogens is 216 g/mol. The first kappa shape index (κ1) is 10.4. The van der Waals surface area contributed by atoms with Gasteiger partial charge in [0.1, 0.15) is 11.0 Å². The number of hydrogen-bond donors (Lipinski definition) is 1. The Labute approximate surface area is 88.5 Å². The molecule has 2 rings (SSSR count). The number of aromatic nitrogens is 1. The Balaban J connectivity index is 2.50. The van der Waals surface area contributed by atoms with Crippen molar-refractivity contribution in [2.24, 2.45) is 0 Å². The minimum atomic E-state index is -3.46. The molecule has 0 saturated carbocycles. The van der Waals surface area contributed by atoms with Crippen molar-refractivity contribution in [1.82, 2.24) is 9.71 Å². The molecule has 0 saturated heterocycles. The van der Waals surface area contributed by atoms with Crippen LogP contribution in [0, 0.1) is 0 Å². The van der Waals surface area contributed by atoms with Gasteiger partial charge in [-0.1, -0.05) is 6.92 Å². The van der Waals surface area contributed by atoms with E-state index in [0.717, 1.165) is 6.42 Å². The average Bonchev–Trinajstić information content (AvgIpc) is 2.36. The summed E-state index contributed by atoms with van der Waals surface area (Å²) in [7, 11) is -3.46. The summed E-state index contributed by atoms with van der Waals surface area (Å²) < 4.78 is 31.4. The third-order valence-corrected chi connectivity index (χ3v) is 3.70. The topological polar surface area (TPSA) is 68.3 Å². The van der Waals surface area contributed by atoms with E-state index in [9.17, 15) is 8.42 Å². The Bertz CT molecular complexity index is 458. The highest BCUT2D eigenvalue weighted by Crippen LogP contribution is 2.24. The Morgan fingerprint density at radius 2 is 2.47 bits per heavy atom. The number of ether oxygens (including phenoxy) is 1. The highest BCUT2D eigenvalue weighted by molar-refractivity contribution is 7.89. The molecule has 0 spiro atoms. The molecule has 0 fully saturated rings. The van der Waals surface area contributed by atoms with Gasteiger partial charge in [0, 0.05) is 12.7 Å². The molecule has 0 unspecified atom stereocenters. The summed E-state index contributed by atoms with van der Waals surface area (Å²) in [4.78, 5) is 4.04. The van der Waals surface area contributed by atoms with Crippen LogP contribution in [0.15, 0.2) is 23.2 Å². The third-order valence-electron chi connectivity index (χ3n) is 2.26.